The zero-order valence-corrected chi connectivity index (χ0v) is 15.3. The van der Waals surface area contributed by atoms with E-state index in [1.807, 2.05) is 24.3 Å². The summed E-state index contributed by atoms with van der Waals surface area (Å²) in [4.78, 5) is 26.0. The molecule has 1 amide bonds. The first-order valence-electron chi connectivity index (χ1n) is 7.87. The Hall–Kier alpha value is -3.46. The Kier molecular flexibility index (Phi) is 4.43. The fourth-order valence-corrected chi connectivity index (χ4v) is 2.77. The third-order valence-electron chi connectivity index (χ3n) is 3.80. The Bertz CT molecular complexity index is 1160. The Labute approximate surface area is 160 Å². The van der Waals surface area contributed by atoms with Gasteiger partial charge in [-0.1, -0.05) is 45.4 Å². The van der Waals surface area contributed by atoms with Gasteiger partial charge in [0.05, 0.1) is 5.69 Å². The van der Waals surface area contributed by atoms with Gasteiger partial charge in [0.1, 0.15) is 5.69 Å². The Morgan fingerprint density at radius 3 is 2.63 bits per heavy atom. The van der Waals surface area contributed by atoms with E-state index >= 15 is 0 Å². The SMILES string of the molecule is O=C(Nc1cccc(-c2noc(=O)[nH]2)c1)c1cc(-c2ccc(Br)cc2)n[nH]1. The number of hydrogen-bond donors (Lipinski definition) is 3. The summed E-state index contributed by atoms with van der Waals surface area (Å²) < 4.78 is 5.46. The van der Waals surface area contributed by atoms with Crippen molar-refractivity contribution in [1.29, 1.82) is 0 Å². The molecule has 9 heteroatoms. The minimum Gasteiger partial charge on any atom is -0.321 e. The molecule has 2 aromatic carbocycles. The Morgan fingerprint density at radius 2 is 1.89 bits per heavy atom. The highest BCUT2D eigenvalue weighted by molar-refractivity contribution is 9.10. The van der Waals surface area contributed by atoms with Crippen LogP contribution in [0.3, 0.4) is 0 Å². The van der Waals surface area contributed by atoms with Crippen LogP contribution in [0.15, 0.2) is 68.4 Å². The molecule has 0 unspecified atom stereocenters. The molecule has 0 aliphatic heterocycles. The number of halogens is 1. The van der Waals surface area contributed by atoms with Gasteiger partial charge in [0.15, 0.2) is 5.82 Å². The highest BCUT2D eigenvalue weighted by atomic mass is 79.9. The van der Waals surface area contributed by atoms with E-state index in [0.29, 0.717) is 22.6 Å². The van der Waals surface area contributed by atoms with Gasteiger partial charge in [0, 0.05) is 21.3 Å². The molecular formula is C18H12BrN5O3. The maximum Gasteiger partial charge on any atom is 0.439 e. The van der Waals surface area contributed by atoms with Crippen molar-refractivity contribution in [3.05, 3.63) is 75.3 Å². The fraction of sp³-hybridized carbons (Fsp3) is 0. The molecule has 0 bridgehead atoms. The molecule has 2 heterocycles. The van der Waals surface area contributed by atoms with Crippen LogP contribution < -0.4 is 11.1 Å². The summed E-state index contributed by atoms with van der Waals surface area (Å²) in [6.07, 6.45) is 0. The molecule has 0 aliphatic rings. The van der Waals surface area contributed by atoms with Gasteiger partial charge in [0.25, 0.3) is 5.91 Å². The summed E-state index contributed by atoms with van der Waals surface area (Å²) in [5, 5.41) is 13.3. The van der Waals surface area contributed by atoms with Crippen molar-refractivity contribution in [3.8, 4) is 22.6 Å². The van der Waals surface area contributed by atoms with E-state index in [2.05, 4.69) is 46.1 Å². The van der Waals surface area contributed by atoms with Crippen LogP contribution in [0.2, 0.25) is 0 Å². The lowest BCUT2D eigenvalue weighted by Gasteiger charge is -2.04. The molecule has 4 aromatic rings. The van der Waals surface area contributed by atoms with Crippen LogP contribution in [0.5, 0.6) is 0 Å². The van der Waals surface area contributed by atoms with Crippen LogP contribution in [0.4, 0.5) is 5.69 Å². The molecular weight excluding hydrogens is 414 g/mol. The molecule has 0 atom stereocenters. The first-order valence-corrected chi connectivity index (χ1v) is 8.67. The number of hydrogen-bond acceptors (Lipinski definition) is 5. The summed E-state index contributed by atoms with van der Waals surface area (Å²) >= 11 is 3.39. The first kappa shape index (κ1) is 17.0. The normalized spacial score (nSPS) is 10.7. The summed E-state index contributed by atoms with van der Waals surface area (Å²) in [5.74, 6) is -0.691. The maximum atomic E-state index is 12.5. The zero-order chi connectivity index (χ0) is 18.8. The van der Waals surface area contributed by atoms with Crippen LogP contribution in [-0.4, -0.2) is 26.2 Å². The molecule has 4 rings (SSSR count). The van der Waals surface area contributed by atoms with Crippen molar-refractivity contribution in [2.24, 2.45) is 0 Å². The summed E-state index contributed by atoms with van der Waals surface area (Å²) in [6, 6.07) is 16.2. The quantitative estimate of drug-likeness (QED) is 0.462. The van der Waals surface area contributed by atoms with Gasteiger partial charge < -0.3 is 5.32 Å². The number of nitrogens with one attached hydrogen (secondary N) is 3. The van der Waals surface area contributed by atoms with Crippen molar-refractivity contribution in [3.63, 3.8) is 0 Å². The van der Waals surface area contributed by atoms with Crippen molar-refractivity contribution in [2.45, 2.75) is 0 Å². The highest BCUT2D eigenvalue weighted by Crippen LogP contribution is 2.22. The lowest BCUT2D eigenvalue weighted by molar-refractivity contribution is 0.102. The number of H-pyrrole nitrogens is 2. The lowest BCUT2D eigenvalue weighted by atomic mass is 10.1. The lowest BCUT2D eigenvalue weighted by Crippen LogP contribution is -2.12. The number of anilines is 1. The largest absolute Gasteiger partial charge is 0.439 e. The number of carbonyl (C=O) groups excluding carboxylic acids is 1. The minimum absolute atomic E-state index is 0.287. The van der Waals surface area contributed by atoms with Crippen molar-refractivity contribution in [1.82, 2.24) is 20.3 Å². The van der Waals surface area contributed by atoms with Crippen LogP contribution >= 0.6 is 15.9 Å². The predicted octanol–water partition coefficient (Wildman–Crippen LogP) is 3.43. The molecule has 2 aromatic heterocycles. The maximum absolute atomic E-state index is 12.5. The molecule has 8 nitrogen and oxygen atoms in total. The van der Waals surface area contributed by atoms with Gasteiger partial charge in [-0.25, -0.2) is 4.79 Å². The van der Waals surface area contributed by atoms with E-state index in [-0.39, 0.29) is 11.7 Å². The average molecular weight is 426 g/mol. The third-order valence-corrected chi connectivity index (χ3v) is 4.33. The van der Waals surface area contributed by atoms with Crippen LogP contribution in [0.1, 0.15) is 10.5 Å². The van der Waals surface area contributed by atoms with E-state index in [0.717, 1.165) is 10.0 Å². The van der Waals surface area contributed by atoms with E-state index < -0.39 is 5.76 Å². The van der Waals surface area contributed by atoms with Gasteiger partial charge in [-0.2, -0.15) is 5.10 Å². The van der Waals surface area contributed by atoms with Gasteiger partial charge in [0.2, 0.25) is 0 Å². The zero-order valence-electron chi connectivity index (χ0n) is 13.7. The molecule has 0 spiro atoms. The molecule has 134 valence electrons. The van der Waals surface area contributed by atoms with Crippen LogP contribution in [0.25, 0.3) is 22.6 Å². The topological polar surface area (TPSA) is 117 Å². The van der Waals surface area contributed by atoms with Gasteiger partial charge in [-0.05, 0) is 30.3 Å². The van der Waals surface area contributed by atoms with Gasteiger partial charge in [-0.3, -0.25) is 19.4 Å². The molecule has 0 saturated heterocycles. The van der Waals surface area contributed by atoms with Crippen molar-refractivity contribution < 1.29 is 9.32 Å². The highest BCUT2D eigenvalue weighted by Gasteiger charge is 2.12. The second-order valence-electron chi connectivity index (χ2n) is 5.65. The second kappa shape index (κ2) is 7.04. The smallest absolute Gasteiger partial charge is 0.321 e. The van der Waals surface area contributed by atoms with E-state index in [1.54, 1.807) is 30.3 Å². The van der Waals surface area contributed by atoms with Crippen molar-refractivity contribution in [2.75, 3.05) is 5.32 Å². The summed E-state index contributed by atoms with van der Waals surface area (Å²) in [6.45, 7) is 0. The molecule has 3 N–H and O–H groups in total. The molecule has 0 saturated carbocycles. The first-order chi connectivity index (χ1) is 13.1. The van der Waals surface area contributed by atoms with E-state index in [4.69, 9.17) is 0 Å². The number of nitrogens with zero attached hydrogens (tertiary/aromatic N) is 2. The van der Waals surface area contributed by atoms with Gasteiger partial charge >= 0.3 is 5.76 Å². The van der Waals surface area contributed by atoms with Crippen molar-refractivity contribution >= 4 is 27.5 Å². The minimum atomic E-state index is -0.641. The number of aromatic nitrogens is 4. The number of benzene rings is 2. The fourth-order valence-electron chi connectivity index (χ4n) is 2.50. The number of aromatic amines is 2. The van der Waals surface area contributed by atoms with Gasteiger partial charge in [-0.15, -0.1) is 0 Å². The van der Waals surface area contributed by atoms with Crippen LogP contribution in [-0.2, 0) is 0 Å². The summed E-state index contributed by atoms with van der Waals surface area (Å²) in [7, 11) is 0. The molecule has 0 fully saturated rings. The third kappa shape index (κ3) is 3.72. The number of rotatable bonds is 4. The standard InChI is InChI=1S/C18H12BrN5O3/c19-12-6-4-10(5-7-12)14-9-15(23-22-14)17(25)20-13-3-1-2-11(8-13)16-21-18(26)27-24-16/h1-9H,(H,20,25)(H,22,23)(H,21,24,26). The molecule has 27 heavy (non-hydrogen) atoms. The molecule has 0 radical (unpaired) electrons. The predicted molar refractivity (Wildman–Crippen MR) is 102 cm³/mol. The number of carbonyl (C=O) groups is 1. The van der Waals surface area contributed by atoms with Crippen LogP contribution in [0, 0.1) is 0 Å². The Morgan fingerprint density at radius 1 is 1.07 bits per heavy atom. The average Bonchev–Trinajstić information content (AvgIpc) is 3.32. The summed E-state index contributed by atoms with van der Waals surface area (Å²) in [5.41, 5.74) is 3.04. The van der Waals surface area contributed by atoms with E-state index in [1.165, 1.54) is 0 Å². The Balaban J connectivity index is 1.53. The molecule has 0 aliphatic carbocycles. The van der Waals surface area contributed by atoms with E-state index in [9.17, 15) is 9.59 Å². The second-order valence-corrected chi connectivity index (χ2v) is 6.57. The monoisotopic (exact) mass is 425 g/mol. The number of amides is 1.